The summed E-state index contributed by atoms with van der Waals surface area (Å²) in [7, 11) is 0. The zero-order valence-corrected chi connectivity index (χ0v) is 21.6. The van der Waals surface area contributed by atoms with Crippen LogP contribution in [0.25, 0.3) is 11.5 Å². The summed E-state index contributed by atoms with van der Waals surface area (Å²) in [5, 5.41) is 10.2. The minimum atomic E-state index is -0.929. The van der Waals surface area contributed by atoms with Crippen LogP contribution in [0.3, 0.4) is 0 Å². The van der Waals surface area contributed by atoms with Gasteiger partial charge in [0.1, 0.15) is 6.10 Å². The molecule has 1 aromatic carbocycles. The van der Waals surface area contributed by atoms with Gasteiger partial charge >= 0.3 is 0 Å². The van der Waals surface area contributed by atoms with Gasteiger partial charge in [0.25, 0.3) is 5.91 Å². The lowest BCUT2D eigenvalue weighted by atomic mass is 9.93. The van der Waals surface area contributed by atoms with Crippen LogP contribution in [0.1, 0.15) is 43.7 Å². The number of imidazole rings is 1. The van der Waals surface area contributed by atoms with Crippen molar-refractivity contribution in [3.63, 3.8) is 0 Å². The second-order valence-electron chi connectivity index (χ2n) is 9.24. The Hall–Kier alpha value is -2.17. The third kappa shape index (κ3) is 4.81. The fraction of sp³-hybridized carbons (Fsp3) is 0.500. The lowest BCUT2D eigenvalue weighted by molar-refractivity contribution is -0.140. The molecule has 180 valence electrons. The Bertz CT molecular complexity index is 1170. The Morgan fingerprint density at radius 1 is 1.26 bits per heavy atom. The van der Waals surface area contributed by atoms with E-state index in [-0.39, 0.29) is 5.91 Å². The first-order valence-electron chi connectivity index (χ1n) is 11.8. The molecule has 0 unspecified atom stereocenters. The quantitative estimate of drug-likeness (QED) is 0.485. The van der Waals surface area contributed by atoms with E-state index in [4.69, 9.17) is 15.7 Å². The fourth-order valence-corrected chi connectivity index (χ4v) is 6.38. The van der Waals surface area contributed by atoms with Crippen LogP contribution in [-0.2, 0) is 24.2 Å². The van der Waals surface area contributed by atoms with Crippen molar-refractivity contribution in [3.05, 3.63) is 34.1 Å². The van der Waals surface area contributed by atoms with Gasteiger partial charge in [-0.25, -0.2) is 15.0 Å². The summed E-state index contributed by atoms with van der Waals surface area (Å²) in [6.45, 7) is 3.69. The summed E-state index contributed by atoms with van der Waals surface area (Å²) in [5.41, 5.74) is 9.62. The number of halogens is 1. The molecule has 3 heterocycles. The maximum Gasteiger partial charge on any atom is 0.251 e. The number of amides is 1. The highest BCUT2D eigenvalue weighted by atomic mass is 79.9. The number of benzene rings is 1. The van der Waals surface area contributed by atoms with Crippen LogP contribution in [0.4, 0.5) is 5.82 Å². The van der Waals surface area contributed by atoms with Gasteiger partial charge in [-0.1, -0.05) is 0 Å². The number of hydrogen-bond donors (Lipinski definition) is 2. The molecule has 0 aromatic heterocycles. The number of rotatable bonds is 6. The molecular formula is C24H29BrN6O2S. The van der Waals surface area contributed by atoms with Crippen molar-refractivity contribution < 1.29 is 9.90 Å². The summed E-state index contributed by atoms with van der Waals surface area (Å²) in [4.78, 5) is 28.7. The van der Waals surface area contributed by atoms with Gasteiger partial charge in [0.2, 0.25) is 0 Å². The van der Waals surface area contributed by atoms with Crippen LogP contribution < -0.4 is 5.73 Å². The van der Waals surface area contributed by atoms with Crippen molar-refractivity contribution in [2.75, 3.05) is 18.8 Å². The molecule has 1 aromatic rings. The van der Waals surface area contributed by atoms with Gasteiger partial charge in [0.15, 0.2) is 22.5 Å². The number of aryl methyl sites for hydroxylation is 3. The average molecular weight is 546 g/mol. The van der Waals surface area contributed by atoms with Crippen molar-refractivity contribution >= 4 is 39.4 Å². The average Bonchev–Trinajstić information content (AvgIpc) is 3.46. The van der Waals surface area contributed by atoms with E-state index in [0.29, 0.717) is 35.7 Å². The summed E-state index contributed by atoms with van der Waals surface area (Å²) >= 11 is 5.26. The summed E-state index contributed by atoms with van der Waals surface area (Å²) in [6.07, 6.45) is 7.14. The van der Waals surface area contributed by atoms with Gasteiger partial charge in [-0.05, 0) is 102 Å². The van der Waals surface area contributed by atoms with Crippen LogP contribution in [-0.4, -0.2) is 54.6 Å². The first-order valence-corrected chi connectivity index (χ1v) is 13.4. The first-order chi connectivity index (χ1) is 16.4. The van der Waals surface area contributed by atoms with Crippen LogP contribution >= 0.6 is 27.7 Å². The number of aromatic nitrogens is 4. The molecule has 1 fully saturated rings. The third-order valence-corrected chi connectivity index (χ3v) is 8.72. The SMILES string of the molecule is C[C@H](O)C(=O)N1CCC(CCn2cnc(N)c3nc(Sc4cc5c(cc4Br)CCC5)nc2-3)CC1. The van der Waals surface area contributed by atoms with E-state index in [1.165, 1.54) is 24.5 Å². The lowest BCUT2D eigenvalue weighted by Gasteiger charge is -2.33. The van der Waals surface area contributed by atoms with Crippen molar-refractivity contribution in [3.8, 4) is 11.5 Å². The number of nitrogens with two attached hydrogens (primary N) is 1. The van der Waals surface area contributed by atoms with Gasteiger partial charge in [-0.15, -0.1) is 0 Å². The number of hydrogen-bond acceptors (Lipinski definition) is 7. The Balaban J connectivity index is 1.28. The number of piperidine rings is 1. The number of anilines is 1. The Kier molecular flexibility index (Phi) is 6.81. The van der Waals surface area contributed by atoms with E-state index in [1.807, 2.05) is 4.57 Å². The number of nitrogen functional groups attached to an aromatic ring is 1. The summed E-state index contributed by atoms with van der Waals surface area (Å²) in [5.74, 6) is 1.49. The topological polar surface area (TPSA) is 110 Å². The molecule has 1 atom stereocenters. The first kappa shape index (κ1) is 23.6. The molecule has 3 N–H and O–H groups in total. The van der Waals surface area contributed by atoms with Crippen molar-refractivity contribution in [2.24, 2.45) is 5.92 Å². The maximum absolute atomic E-state index is 12.0. The van der Waals surface area contributed by atoms with Crippen LogP contribution in [0.2, 0.25) is 0 Å². The van der Waals surface area contributed by atoms with E-state index >= 15 is 0 Å². The zero-order chi connectivity index (χ0) is 23.8. The van der Waals surface area contributed by atoms with Gasteiger partial charge in [0.05, 0.1) is 6.33 Å². The number of nitrogens with zero attached hydrogens (tertiary/aromatic N) is 5. The second-order valence-corrected chi connectivity index (χ2v) is 11.1. The number of aliphatic hydroxyl groups excluding tert-OH is 1. The molecule has 4 aliphatic rings. The molecule has 0 spiro atoms. The summed E-state index contributed by atoms with van der Waals surface area (Å²) < 4.78 is 3.11. The third-order valence-electron chi connectivity index (χ3n) is 6.88. The molecule has 0 radical (unpaired) electrons. The van der Waals surface area contributed by atoms with Crippen LogP contribution in [0.5, 0.6) is 0 Å². The van der Waals surface area contributed by atoms with Crippen LogP contribution in [0.15, 0.2) is 33.0 Å². The minimum absolute atomic E-state index is 0.177. The number of aliphatic hydroxyl groups is 1. The molecule has 3 aliphatic heterocycles. The van der Waals surface area contributed by atoms with E-state index in [9.17, 15) is 9.90 Å². The highest BCUT2D eigenvalue weighted by Crippen LogP contribution is 2.38. The van der Waals surface area contributed by atoms with Gasteiger partial charge < -0.3 is 20.3 Å². The van der Waals surface area contributed by atoms with Gasteiger partial charge in [-0.3, -0.25) is 4.79 Å². The Morgan fingerprint density at radius 3 is 2.74 bits per heavy atom. The molecule has 1 amide bonds. The Morgan fingerprint density at radius 2 is 2.00 bits per heavy atom. The monoisotopic (exact) mass is 544 g/mol. The molecule has 0 saturated carbocycles. The molecule has 10 heteroatoms. The fourth-order valence-electron chi connectivity index (χ4n) is 4.92. The highest BCUT2D eigenvalue weighted by Gasteiger charge is 2.26. The smallest absolute Gasteiger partial charge is 0.251 e. The van der Waals surface area contributed by atoms with E-state index in [2.05, 4.69) is 33.0 Å². The maximum atomic E-state index is 12.0. The van der Waals surface area contributed by atoms with E-state index < -0.39 is 6.10 Å². The highest BCUT2D eigenvalue weighted by molar-refractivity contribution is 9.10. The molecule has 34 heavy (non-hydrogen) atoms. The molecule has 1 aliphatic carbocycles. The van der Waals surface area contributed by atoms with E-state index in [0.717, 1.165) is 53.8 Å². The number of carbonyl (C=O) groups excluding carboxylic acids is 1. The molecule has 1 saturated heterocycles. The minimum Gasteiger partial charge on any atom is -0.384 e. The Labute approximate surface area is 211 Å². The predicted octanol–water partition coefficient (Wildman–Crippen LogP) is 3.77. The lowest BCUT2D eigenvalue weighted by Crippen LogP contribution is -2.43. The number of likely N-dealkylation sites (tertiary alicyclic amines) is 1. The molecule has 0 bridgehead atoms. The number of fused-ring (bicyclic) bond motifs is 2. The summed E-state index contributed by atoms with van der Waals surface area (Å²) in [6, 6.07) is 4.48. The van der Waals surface area contributed by atoms with Crippen molar-refractivity contribution in [2.45, 2.75) is 68.1 Å². The largest absolute Gasteiger partial charge is 0.384 e. The molecule has 5 rings (SSSR count). The van der Waals surface area contributed by atoms with E-state index in [1.54, 1.807) is 23.0 Å². The number of carbonyl (C=O) groups is 1. The van der Waals surface area contributed by atoms with Gasteiger partial charge in [-0.2, -0.15) is 0 Å². The zero-order valence-electron chi connectivity index (χ0n) is 19.2. The van der Waals surface area contributed by atoms with Crippen molar-refractivity contribution in [1.29, 1.82) is 0 Å². The predicted molar refractivity (Wildman–Crippen MR) is 135 cm³/mol. The second kappa shape index (κ2) is 9.83. The van der Waals surface area contributed by atoms with Crippen molar-refractivity contribution in [1.82, 2.24) is 24.4 Å². The molecular weight excluding hydrogens is 516 g/mol. The standard InChI is InChI=1S/C24H29BrN6O2S/c1-14(32)23(33)30-8-5-15(6-9-30)7-10-31-13-27-21(26)20-22(31)29-24(28-20)34-19-12-17-4-2-3-16(17)11-18(19)25/h11-15,32H,2-10,26H2,1H3/t14-/m0/s1. The van der Waals surface area contributed by atoms with Crippen LogP contribution in [0, 0.1) is 5.92 Å². The normalized spacial score (nSPS) is 17.3. The molecule has 8 nitrogen and oxygen atoms in total. The van der Waals surface area contributed by atoms with Gasteiger partial charge in [0, 0.05) is 29.0 Å².